The van der Waals surface area contributed by atoms with Crippen LogP contribution in [-0.2, 0) is 11.8 Å². The van der Waals surface area contributed by atoms with E-state index in [9.17, 15) is 4.79 Å². The van der Waals surface area contributed by atoms with Crippen molar-refractivity contribution in [2.24, 2.45) is 7.05 Å². The quantitative estimate of drug-likeness (QED) is 0.541. The minimum atomic E-state index is -0.340. The van der Waals surface area contributed by atoms with Gasteiger partial charge in [-0.15, -0.1) is 21.5 Å². The Kier molecular flexibility index (Phi) is 6.75. The Bertz CT molecular complexity index is 982. The van der Waals surface area contributed by atoms with Crippen molar-refractivity contribution < 1.29 is 14.3 Å². The first-order chi connectivity index (χ1) is 13.9. The molecule has 1 N–H and O–H groups in total. The lowest BCUT2D eigenvalue weighted by Gasteiger charge is -2.16. The minimum Gasteiger partial charge on any atom is -0.493 e. The van der Waals surface area contributed by atoms with Crippen molar-refractivity contribution >= 4 is 34.1 Å². The summed E-state index contributed by atoms with van der Waals surface area (Å²) in [6, 6.07) is 7.44. The Hall–Kier alpha value is -2.59. The number of hydrogen-bond acceptors (Lipinski definition) is 8. The summed E-state index contributed by atoms with van der Waals surface area (Å²) >= 11 is 2.78. The number of nitrogens with one attached hydrogen (secondary N) is 1. The van der Waals surface area contributed by atoms with Gasteiger partial charge in [0.1, 0.15) is 0 Å². The van der Waals surface area contributed by atoms with E-state index >= 15 is 0 Å². The molecule has 0 saturated carbocycles. The molecule has 0 bridgehead atoms. The van der Waals surface area contributed by atoms with Crippen molar-refractivity contribution in [3.63, 3.8) is 0 Å². The van der Waals surface area contributed by atoms with Crippen molar-refractivity contribution in [3.05, 3.63) is 40.7 Å². The molecule has 2 heterocycles. The highest BCUT2D eigenvalue weighted by Gasteiger charge is 2.19. The van der Waals surface area contributed by atoms with Crippen LogP contribution in [-0.4, -0.2) is 38.5 Å². The fourth-order valence-corrected chi connectivity index (χ4v) is 4.13. The van der Waals surface area contributed by atoms with E-state index in [1.54, 1.807) is 7.11 Å². The third-order valence-electron chi connectivity index (χ3n) is 4.21. The molecular formula is C19H23N5O3S2. The van der Waals surface area contributed by atoms with Crippen LogP contribution in [0.5, 0.6) is 11.5 Å². The van der Waals surface area contributed by atoms with Crippen LogP contribution in [0.4, 0.5) is 5.13 Å². The number of methoxy groups -OCH3 is 1. The van der Waals surface area contributed by atoms with E-state index in [-0.39, 0.29) is 17.8 Å². The highest BCUT2D eigenvalue weighted by molar-refractivity contribution is 7.99. The molecule has 1 atom stereocenters. The van der Waals surface area contributed by atoms with Crippen LogP contribution in [0.15, 0.2) is 29.4 Å². The molecule has 0 spiro atoms. The molecule has 0 aliphatic heterocycles. The molecule has 0 aliphatic carbocycles. The van der Waals surface area contributed by atoms with Crippen LogP contribution in [0.2, 0.25) is 0 Å². The zero-order chi connectivity index (χ0) is 21.0. The molecule has 29 heavy (non-hydrogen) atoms. The molecule has 8 nitrogen and oxygen atoms in total. The van der Waals surface area contributed by atoms with Crippen LogP contribution in [0, 0.1) is 13.8 Å². The van der Waals surface area contributed by atoms with E-state index in [2.05, 4.69) is 20.5 Å². The molecule has 1 aromatic carbocycles. The molecule has 3 aromatic rings. The van der Waals surface area contributed by atoms with Crippen molar-refractivity contribution in [1.82, 2.24) is 19.7 Å². The second-order valence-corrected chi connectivity index (χ2v) is 8.45. The fourth-order valence-electron chi connectivity index (χ4n) is 2.58. The summed E-state index contributed by atoms with van der Waals surface area (Å²) in [6.45, 7) is 5.79. The normalized spacial score (nSPS) is 11.9. The highest BCUT2D eigenvalue weighted by Crippen LogP contribution is 2.31. The van der Waals surface area contributed by atoms with Gasteiger partial charge >= 0.3 is 0 Å². The van der Waals surface area contributed by atoms with Gasteiger partial charge in [0.25, 0.3) is 0 Å². The van der Waals surface area contributed by atoms with Gasteiger partial charge in [0.2, 0.25) is 5.91 Å². The van der Waals surface area contributed by atoms with E-state index < -0.39 is 0 Å². The molecule has 0 saturated heterocycles. The number of ether oxygens (including phenoxy) is 2. The molecule has 154 valence electrons. The number of thiazole rings is 1. The molecular weight excluding hydrogens is 410 g/mol. The lowest BCUT2D eigenvalue weighted by molar-refractivity contribution is -0.113. The first kappa shape index (κ1) is 21.1. The van der Waals surface area contributed by atoms with Crippen LogP contribution in [0.3, 0.4) is 0 Å². The fraction of sp³-hybridized carbons (Fsp3) is 0.368. The number of carbonyl (C=O) groups is 1. The number of benzene rings is 1. The van der Waals surface area contributed by atoms with Gasteiger partial charge in [-0.25, -0.2) is 4.98 Å². The summed E-state index contributed by atoms with van der Waals surface area (Å²) < 4.78 is 13.1. The Morgan fingerprint density at radius 1 is 1.28 bits per heavy atom. The van der Waals surface area contributed by atoms with Crippen LogP contribution >= 0.6 is 23.1 Å². The number of nitrogens with zero attached hydrogens (tertiary/aromatic N) is 4. The maximum absolute atomic E-state index is 12.2. The van der Waals surface area contributed by atoms with Crippen molar-refractivity contribution in [3.8, 4) is 11.5 Å². The van der Waals surface area contributed by atoms with Crippen LogP contribution in [0.1, 0.15) is 29.4 Å². The van der Waals surface area contributed by atoms with Crippen molar-refractivity contribution in [2.45, 2.75) is 32.0 Å². The van der Waals surface area contributed by atoms with Gasteiger partial charge in [0.15, 0.2) is 33.7 Å². The van der Waals surface area contributed by atoms with Gasteiger partial charge in [-0.3, -0.25) is 4.79 Å². The van der Waals surface area contributed by atoms with E-state index in [0.717, 1.165) is 10.6 Å². The maximum Gasteiger partial charge on any atom is 0.236 e. The molecule has 1 amide bonds. The lowest BCUT2D eigenvalue weighted by Crippen LogP contribution is -2.14. The first-order valence-corrected chi connectivity index (χ1v) is 10.7. The zero-order valence-corrected chi connectivity index (χ0v) is 18.6. The van der Waals surface area contributed by atoms with Crippen molar-refractivity contribution in [1.29, 1.82) is 0 Å². The molecule has 0 aliphatic rings. The maximum atomic E-state index is 12.2. The first-order valence-electron chi connectivity index (χ1n) is 8.94. The number of rotatable bonds is 8. The van der Waals surface area contributed by atoms with Crippen molar-refractivity contribution in [2.75, 3.05) is 18.2 Å². The number of para-hydroxylation sites is 2. The molecule has 10 heteroatoms. The van der Waals surface area contributed by atoms with Crippen LogP contribution in [0.25, 0.3) is 0 Å². The predicted molar refractivity (Wildman–Crippen MR) is 114 cm³/mol. The number of anilines is 1. The van der Waals surface area contributed by atoms with Gasteiger partial charge in [0.05, 0.1) is 18.6 Å². The number of amides is 1. The predicted octanol–water partition coefficient (Wildman–Crippen LogP) is 3.77. The van der Waals surface area contributed by atoms with Gasteiger partial charge in [-0.05, 0) is 32.9 Å². The highest BCUT2D eigenvalue weighted by atomic mass is 32.2. The second kappa shape index (κ2) is 9.27. The third kappa shape index (κ3) is 5.07. The van der Waals surface area contributed by atoms with Gasteiger partial charge in [-0.1, -0.05) is 23.9 Å². The summed E-state index contributed by atoms with van der Waals surface area (Å²) in [5, 5.41) is 12.5. The second-order valence-electron chi connectivity index (χ2n) is 6.31. The molecule has 2 aromatic heterocycles. The molecule has 1 unspecified atom stereocenters. The summed E-state index contributed by atoms with van der Waals surface area (Å²) in [5.41, 5.74) is 0.930. The van der Waals surface area contributed by atoms with Crippen LogP contribution < -0.4 is 14.8 Å². The van der Waals surface area contributed by atoms with Gasteiger partial charge in [0, 0.05) is 11.9 Å². The summed E-state index contributed by atoms with van der Waals surface area (Å²) in [6.07, 6.45) is -0.340. The van der Waals surface area contributed by atoms with E-state index in [0.29, 0.717) is 27.6 Å². The zero-order valence-electron chi connectivity index (χ0n) is 16.9. The summed E-state index contributed by atoms with van der Waals surface area (Å²) in [4.78, 5) is 17.6. The smallest absolute Gasteiger partial charge is 0.236 e. The number of carbonyl (C=O) groups excluding carboxylic acids is 1. The topological polar surface area (TPSA) is 91.2 Å². The lowest BCUT2D eigenvalue weighted by atomic mass is 10.3. The largest absolute Gasteiger partial charge is 0.493 e. The Balaban J connectivity index is 1.60. The van der Waals surface area contributed by atoms with E-state index in [1.165, 1.54) is 23.1 Å². The van der Waals surface area contributed by atoms with Gasteiger partial charge < -0.3 is 19.4 Å². The average Bonchev–Trinajstić information content (AvgIpc) is 3.21. The SMILES string of the molecule is COc1ccccc1OC(C)c1nnc(SCC(=O)Nc2nc(C)c(C)s2)n1C. The Morgan fingerprint density at radius 3 is 2.66 bits per heavy atom. The van der Waals surface area contributed by atoms with Gasteiger partial charge in [-0.2, -0.15) is 0 Å². The minimum absolute atomic E-state index is 0.133. The standard InChI is InChI=1S/C19H23N5O3S2/c1-11-13(3)29-18(20-11)21-16(25)10-28-19-23-22-17(24(19)4)12(2)27-15-9-7-6-8-14(15)26-5/h6-9,12H,10H2,1-5H3,(H,20,21,25). The number of thioether (sulfide) groups is 1. The molecule has 3 rings (SSSR count). The number of aryl methyl sites for hydroxylation is 2. The Morgan fingerprint density at radius 2 is 2.00 bits per heavy atom. The number of hydrogen-bond donors (Lipinski definition) is 1. The summed E-state index contributed by atoms with van der Waals surface area (Å²) in [5.74, 6) is 2.02. The summed E-state index contributed by atoms with van der Waals surface area (Å²) in [7, 11) is 3.45. The number of aromatic nitrogens is 4. The Labute approximate surface area is 177 Å². The monoisotopic (exact) mass is 433 g/mol. The van der Waals surface area contributed by atoms with E-state index in [4.69, 9.17) is 9.47 Å². The third-order valence-corrected chi connectivity index (χ3v) is 6.22. The van der Waals surface area contributed by atoms with E-state index in [1.807, 2.05) is 56.7 Å². The molecule has 0 fully saturated rings. The molecule has 0 radical (unpaired) electrons. The average molecular weight is 434 g/mol.